The number of carbonyl (C=O) groups is 1. The molecule has 0 radical (unpaired) electrons. The molecule has 2 aromatic carbocycles. The number of hydrogen-bond donors (Lipinski definition) is 2. The van der Waals surface area contributed by atoms with Crippen LogP contribution < -0.4 is 15.8 Å². The van der Waals surface area contributed by atoms with Crippen LogP contribution in [-0.2, 0) is 4.79 Å². The van der Waals surface area contributed by atoms with Crippen molar-refractivity contribution in [3.05, 3.63) is 58.9 Å². The van der Waals surface area contributed by atoms with Crippen molar-refractivity contribution in [2.75, 3.05) is 13.1 Å². The summed E-state index contributed by atoms with van der Waals surface area (Å²) in [5, 5.41) is 2.99. The molecule has 0 heterocycles. The molecule has 146 valence electrons. The molecule has 3 N–H and O–H groups in total. The summed E-state index contributed by atoms with van der Waals surface area (Å²) in [6.07, 6.45) is 1.22. The van der Waals surface area contributed by atoms with Crippen LogP contribution in [0.25, 0.3) is 0 Å². The number of nitrogens with one attached hydrogen (secondary N) is 1. The summed E-state index contributed by atoms with van der Waals surface area (Å²) >= 11 is 6.17. The van der Waals surface area contributed by atoms with Gasteiger partial charge in [0, 0.05) is 19.0 Å². The van der Waals surface area contributed by atoms with Crippen molar-refractivity contribution < 1.29 is 13.9 Å². The van der Waals surface area contributed by atoms with E-state index >= 15 is 4.39 Å². The van der Waals surface area contributed by atoms with Gasteiger partial charge in [0.2, 0.25) is 5.91 Å². The second kappa shape index (κ2) is 10.3. The molecule has 27 heavy (non-hydrogen) atoms. The Hall–Kier alpha value is -2.11. The third-order valence-electron chi connectivity index (χ3n) is 4.50. The number of rotatable bonds is 9. The highest BCUT2D eigenvalue weighted by molar-refractivity contribution is 6.32. The van der Waals surface area contributed by atoms with Crippen molar-refractivity contribution in [2.24, 2.45) is 11.7 Å². The molecule has 6 heteroatoms. The minimum Gasteiger partial charge on any atom is -0.453 e. The molecular formula is C21H26ClFN2O2. The zero-order valence-electron chi connectivity index (χ0n) is 15.7. The van der Waals surface area contributed by atoms with Crippen LogP contribution in [0.1, 0.15) is 38.2 Å². The maximum Gasteiger partial charge on any atom is 0.222 e. The van der Waals surface area contributed by atoms with E-state index in [4.69, 9.17) is 22.1 Å². The average molecular weight is 393 g/mol. The van der Waals surface area contributed by atoms with Gasteiger partial charge in [-0.05, 0) is 42.5 Å². The van der Waals surface area contributed by atoms with Crippen molar-refractivity contribution in [3.63, 3.8) is 0 Å². The predicted octanol–water partition coefficient (Wildman–Crippen LogP) is 4.87. The van der Waals surface area contributed by atoms with Crippen LogP contribution in [0.15, 0.2) is 42.5 Å². The van der Waals surface area contributed by atoms with Crippen molar-refractivity contribution in [3.8, 4) is 11.5 Å². The number of benzene rings is 2. The quantitative estimate of drug-likeness (QED) is 0.640. The lowest BCUT2D eigenvalue weighted by molar-refractivity contribution is -0.124. The third kappa shape index (κ3) is 5.68. The van der Waals surface area contributed by atoms with E-state index in [1.807, 2.05) is 32.0 Å². The van der Waals surface area contributed by atoms with Gasteiger partial charge in [-0.25, -0.2) is 4.39 Å². The lowest BCUT2D eigenvalue weighted by Gasteiger charge is -2.21. The molecule has 0 saturated heterocycles. The fraction of sp³-hybridized carbons (Fsp3) is 0.381. The zero-order valence-corrected chi connectivity index (χ0v) is 16.4. The molecule has 4 nitrogen and oxygen atoms in total. The summed E-state index contributed by atoms with van der Waals surface area (Å²) in [6.45, 7) is 4.64. The van der Waals surface area contributed by atoms with Gasteiger partial charge < -0.3 is 15.8 Å². The topological polar surface area (TPSA) is 64.4 Å². The Kier molecular flexibility index (Phi) is 8.07. The first kappa shape index (κ1) is 21.2. The van der Waals surface area contributed by atoms with Crippen molar-refractivity contribution in [1.29, 1.82) is 0 Å². The van der Waals surface area contributed by atoms with Crippen LogP contribution >= 0.6 is 11.6 Å². The SMILES string of the molecule is CC[C@@H](C[C@@H](C)C(=O)NCCN)c1ccc(Cl)c(Oc2ccccc2)c1F. The number of ether oxygens (including phenoxy) is 1. The maximum absolute atomic E-state index is 15.2. The van der Waals surface area contributed by atoms with Crippen LogP contribution in [0.4, 0.5) is 4.39 Å². The van der Waals surface area contributed by atoms with Crippen LogP contribution in [0.2, 0.25) is 5.02 Å². The second-order valence-electron chi connectivity index (χ2n) is 6.52. The molecule has 0 saturated carbocycles. The van der Waals surface area contributed by atoms with Gasteiger partial charge in [0.25, 0.3) is 0 Å². The van der Waals surface area contributed by atoms with E-state index < -0.39 is 5.82 Å². The Morgan fingerprint density at radius 3 is 2.59 bits per heavy atom. The van der Waals surface area contributed by atoms with Gasteiger partial charge in [-0.3, -0.25) is 4.79 Å². The number of amides is 1. The molecular weight excluding hydrogens is 367 g/mol. The summed E-state index contributed by atoms with van der Waals surface area (Å²) in [5.41, 5.74) is 5.92. The molecule has 0 aliphatic heterocycles. The molecule has 1 amide bonds. The van der Waals surface area contributed by atoms with Crippen LogP contribution in [0.3, 0.4) is 0 Å². The third-order valence-corrected chi connectivity index (χ3v) is 4.80. The normalized spacial score (nSPS) is 13.1. The van der Waals surface area contributed by atoms with E-state index in [2.05, 4.69) is 5.32 Å². The van der Waals surface area contributed by atoms with Gasteiger partial charge in [0.05, 0.1) is 5.02 Å². The molecule has 0 aliphatic carbocycles. The highest BCUT2D eigenvalue weighted by Gasteiger charge is 2.24. The van der Waals surface area contributed by atoms with Gasteiger partial charge >= 0.3 is 0 Å². The Labute approximate surface area is 164 Å². The molecule has 0 unspecified atom stereocenters. The second-order valence-corrected chi connectivity index (χ2v) is 6.92. The van der Waals surface area contributed by atoms with Crippen LogP contribution in [-0.4, -0.2) is 19.0 Å². The Morgan fingerprint density at radius 2 is 1.96 bits per heavy atom. The largest absolute Gasteiger partial charge is 0.453 e. The van der Waals surface area contributed by atoms with E-state index in [9.17, 15) is 4.79 Å². The highest BCUT2D eigenvalue weighted by Crippen LogP contribution is 2.38. The maximum atomic E-state index is 15.2. The van der Waals surface area contributed by atoms with Crippen molar-refractivity contribution in [2.45, 2.75) is 32.6 Å². The van der Waals surface area contributed by atoms with E-state index in [1.54, 1.807) is 24.3 Å². The minimum atomic E-state index is -0.479. The van der Waals surface area contributed by atoms with Gasteiger partial charge in [-0.1, -0.05) is 49.7 Å². The standard InChI is InChI=1S/C21H26ClFN2O2/c1-3-15(13-14(2)21(26)25-12-11-24)17-9-10-18(22)20(19(17)23)27-16-7-5-4-6-8-16/h4-10,14-15H,3,11-13,24H2,1-2H3,(H,25,26)/t14-,15+/m1/s1. The molecule has 2 aromatic rings. The average Bonchev–Trinajstić information content (AvgIpc) is 2.68. The Balaban J connectivity index is 2.22. The number of hydrogen-bond acceptors (Lipinski definition) is 3. The Morgan fingerprint density at radius 1 is 1.26 bits per heavy atom. The number of para-hydroxylation sites is 1. The fourth-order valence-electron chi connectivity index (χ4n) is 2.98. The Bertz CT molecular complexity index is 755. The summed E-state index contributed by atoms with van der Waals surface area (Å²) in [6, 6.07) is 12.3. The van der Waals surface area contributed by atoms with Crippen molar-refractivity contribution in [1.82, 2.24) is 5.32 Å². The monoisotopic (exact) mass is 392 g/mol. The van der Waals surface area contributed by atoms with Crippen LogP contribution in [0, 0.1) is 11.7 Å². The lowest BCUT2D eigenvalue weighted by atomic mass is 9.87. The molecule has 0 fully saturated rings. The summed E-state index contributed by atoms with van der Waals surface area (Å²) in [7, 11) is 0. The number of halogens is 2. The van der Waals surface area contributed by atoms with E-state index in [-0.39, 0.29) is 28.5 Å². The molecule has 2 rings (SSSR count). The predicted molar refractivity (Wildman–Crippen MR) is 107 cm³/mol. The summed E-state index contributed by atoms with van der Waals surface area (Å²) < 4.78 is 20.9. The lowest BCUT2D eigenvalue weighted by Crippen LogP contribution is -2.33. The molecule has 0 bridgehead atoms. The van der Waals surface area contributed by atoms with E-state index in [0.29, 0.717) is 37.2 Å². The van der Waals surface area contributed by atoms with Crippen molar-refractivity contribution >= 4 is 17.5 Å². The molecule has 0 spiro atoms. The number of carbonyl (C=O) groups excluding carboxylic acids is 1. The minimum absolute atomic E-state index is 0.0130. The van der Waals surface area contributed by atoms with E-state index in [0.717, 1.165) is 0 Å². The summed E-state index contributed by atoms with van der Waals surface area (Å²) in [4.78, 5) is 12.1. The fourth-order valence-corrected chi connectivity index (χ4v) is 3.16. The molecule has 0 aliphatic rings. The molecule has 2 atom stereocenters. The van der Waals surface area contributed by atoms with E-state index in [1.165, 1.54) is 0 Å². The molecule has 0 aromatic heterocycles. The number of nitrogens with two attached hydrogens (primary N) is 1. The van der Waals surface area contributed by atoms with Gasteiger partial charge in [0.1, 0.15) is 5.75 Å². The first-order chi connectivity index (χ1) is 13.0. The summed E-state index contributed by atoms with van der Waals surface area (Å²) in [5.74, 6) is -0.409. The van der Waals surface area contributed by atoms with Gasteiger partial charge in [-0.15, -0.1) is 0 Å². The first-order valence-corrected chi connectivity index (χ1v) is 9.54. The van der Waals surface area contributed by atoms with Gasteiger partial charge in [0.15, 0.2) is 11.6 Å². The zero-order chi connectivity index (χ0) is 19.8. The highest BCUT2D eigenvalue weighted by atomic mass is 35.5. The van der Waals surface area contributed by atoms with Crippen LogP contribution in [0.5, 0.6) is 11.5 Å². The first-order valence-electron chi connectivity index (χ1n) is 9.16. The smallest absolute Gasteiger partial charge is 0.222 e. The van der Waals surface area contributed by atoms with Gasteiger partial charge in [-0.2, -0.15) is 0 Å².